The number of benzene rings is 2. The monoisotopic (exact) mass is 416 g/mol. The van der Waals surface area contributed by atoms with Crippen molar-refractivity contribution in [1.29, 1.82) is 0 Å². The summed E-state index contributed by atoms with van der Waals surface area (Å²) < 4.78 is 5.94. The molecule has 5 rings (SSSR count). The number of hydrogen-bond acceptors (Lipinski definition) is 5. The number of para-hydroxylation sites is 1. The number of fused-ring (bicyclic) bond motifs is 2. The van der Waals surface area contributed by atoms with E-state index in [1.54, 1.807) is 35.4 Å². The van der Waals surface area contributed by atoms with Crippen LogP contribution < -0.4 is 10.3 Å². The number of carbonyl (C=O) groups is 1. The Hall–Kier alpha value is -3.25. The molecule has 2 aromatic heterocycles. The Morgan fingerprint density at radius 1 is 1.03 bits per heavy atom. The Kier molecular flexibility index (Phi) is 4.15. The molecule has 6 heteroatoms. The summed E-state index contributed by atoms with van der Waals surface area (Å²) in [6.45, 7) is 6.46. The normalized spacial score (nSPS) is 16.3. The highest BCUT2D eigenvalue weighted by Crippen LogP contribution is 2.42. The molecule has 150 valence electrons. The molecule has 3 heterocycles. The highest BCUT2D eigenvalue weighted by molar-refractivity contribution is 7.13. The van der Waals surface area contributed by atoms with Crippen LogP contribution in [0.1, 0.15) is 54.1 Å². The van der Waals surface area contributed by atoms with E-state index in [9.17, 15) is 9.59 Å². The molecule has 1 aliphatic rings. The summed E-state index contributed by atoms with van der Waals surface area (Å²) in [6.07, 6.45) is 1.65. The molecular weight excluding hydrogens is 396 g/mol. The van der Waals surface area contributed by atoms with Gasteiger partial charge in [-0.15, -0.1) is 11.3 Å². The van der Waals surface area contributed by atoms with Crippen molar-refractivity contribution in [1.82, 2.24) is 4.98 Å². The van der Waals surface area contributed by atoms with E-state index in [1.165, 1.54) is 16.9 Å². The van der Waals surface area contributed by atoms with Crippen LogP contribution in [0, 0.1) is 0 Å². The molecule has 0 saturated carbocycles. The Balaban J connectivity index is 1.76. The van der Waals surface area contributed by atoms with Crippen LogP contribution in [-0.2, 0) is 5.41 Å². The first-order chi connectivity index (χ1) is 14.4. The fraction of sp³-hybridized carbons (Fsp3) is 0.208. The van der Waals surface area contributed by atoms with Crippen LogP contribution in [0.2, 0.25) is 0 Å². The molecule has 4 aromatic rings. The van der Waals surface area contributed by atoms with E-state index in [4.69, 9.17) is 4.42 Å². The smallest absolute Gasteiger partial charge is 0.297 e. The van der Waals surface area contributed by atoms with Gasteiger partial charge in [-0.25, -0.2) is 4.98 Å². The van der Waals surface area contributed by atoms with Crippen molar-refractivity contribution in [3.8, 4) is 0 Å². The minimum Gasteiger partial charge on any atom is -0.450 e. The number of amides is 1. The van der Waals surface area contributed by atoms with Crippen molar-refractivity contribution in [3.63, 3.8) is 0 Å². The molecule has 1 aliphatic heterocycles. The molecule has 1 amide bonds. The van der Waals surface area contributed by atoms with Crippen molar-refractivity contribution in [2.24, 2.45) is 0 Å². The number of thiazole rings is 1. The maximum absolute atomic E-state index is 13.4. The van der Waals surface area contributed by atoms with E-state index < -0.39 is 6.04 Å². The van der Waals surface area contributed by atoms with E-state index in [2.05, 4.69) is 37.9 Å². The van der Waals surface area contributed by atoms with Crippen LogP contribution in [-0.4, -0.2) is 10.9 Å². The molecule has 5 nitrogen and oxygen atoms in total. The number of aromatic nitrogens is 1. The van der Waals surface area contributed by atoms with Crippen LogP contribution in [0.5, 0.6) is 0 Å². The van der Waals surface area contributed by atoms with Gasteiger partial charge in [0.25, 0.3) is 5.91 Å². The number of carbonyl (C=O) groups excluding carboxylic acids is 1. The predicted octanol–water partition coefficient (Wildman–Crippen LogP) is 5.30. The van der Waals surface area contributed by atoms with Crippen molar-refractivity contribution in [2.45, 2.75) is 32.2 Å². The van der Waals surface area contributed by atoms with Crippen LogP contribution in [0.3, 0.4) is 0 Å². The summed E-state index contributed by atoms with van der Waals surface area (Å²) in [6, 6.07) is 14.6. The summed E-state index contributed by atoms with van der Waals surface area (Å²) in [5.41, 5.74) is 2.65. The zero-order chi connectivity index (χ0) is 21.0. The second kappa shape index (κ2) is 6.64. The molecular formula is C24H20N2O3S. The zero-order valence-corrected chi connectivity index (χ0v) is 17.7. The van der Waals surface area contributed by atoms with Crippen LogP contribution in [0.15, 0.2) is 69.3 Å². The van der Waals surface area contributed by atoms with E-state index in [0.717, 1.165) is 5.56 Å². The second-order valence-electron chi connectivity index (χ2n) is 8.43. The third-order valence-corrected chi connectivity index (χ3v) is 6.27. The van der Waals surface area contributed by atoms with E-state index >= 15 is 0 Å². The lowest BCUT2D eigenvalue weighted by Crippen LogP contribution is -2.29. The highest BCUT2D eigenvalue weighted by Gasteiger charge is 2.44. The van der Waals surface area contributed by atoms with Gasteiger partial charge in [-0.3, -0.25) is 14.5 Å². The Labute approximate surface area is 177 Å². The average molecular weight is 417 g/mol. The van der Waals surface area contributed by atoms with Gasteiger partial charge in [-0.2, -0.15) is 0 Å². The van der Waals surface area contributed by atoms with E-state index in [0.29, 0.717) is 21.7 Å². The lowest BCUT2D eigenvalue weighted by molar-refractivity contribution is 0.0971. The van der Waals surface area contributed by atoms with E-state index in [1.807, 2.05) is 17.5 Å². The van der Waals surface area contributed by atoms with Crippen molar-refractivity contribution in [3.05, 3.63) is 92.8 Å². The minimum absolute atomic E-state index is 0.00611. The van der Waals surface area contributed by atoms with Crippen molar-refractivity contribution >= 4 is 33.3 Å². The zero-order valence-electron chi connectivity index (χ0n) is 16.9. The third-order valence-electron chi connectivity index (χ3n) is 5.50. The minimum atomic E-state index is -0.575. The first-order valence-electron chi connectivity index (χ1n) is 9.75. The fourth-order valence-electron chi connectivity index (χ4n) is 3.93. The average Bonchev–Trinajstić information content (AvgIpc) is 3.34. The van der Waals surface area contributed by atoms with Crippen LogP contribution in [0.4, 0.5) is 5.13 Å². The molecule has 1 atom stereocenters. The number of rotatable bonds is 2. The third kappa shape index (κ3) is 2.79. The first-order valence-corrected chi connectivity index (χ1v) is 10.6. The summed E-state index contributed by atoms with van der Waals surface area (Å²) in [5.74, 6) is -0.244. The van der Waals surface area contributed by atoms with Gasteiger partial charge in [0.05, 0.1) is 17.0 Å². The maximum atomic E-state index is 13.4. The number of nitrogens with zero attached hydrogens (tertiary/aromatic N) is 2. The number of hydrogen-bond donors (Lipinski definition) is 0. The highest BCUT2D eigenvalue weighted by atomic mass is 32.1. The van der Waals surface area contributed by atoms with E-state index in [-0.39, 0.29) is 22.5 Å². The molecule has 1 unspecified atom stereocenters. The van der Waals surface area contributed by atoms with Gasteiger partial charge in [0.1, 0.15) is 5.58 Å². The summed E-state index contributed by atoms with van der Waals surface area (Å²) in [5, 5.41) is 2.83. The van der Waals surface area contributed by atoms with Crippen molar-refractivity contribution < 1.29 is 9.21 Å². The van der Waals surface area contributed by atoms with Gasteiger partial charge in [-0.05, 0) is 28.7 Å². The SMILES string of the molecule is CC(C)(C)c1ccc(C2c3c(oc4ccccc4c3=O)C(=O)N2c2nccs2)cc1. The van der Waals surface area contributed by atoms with Gasteiger partial charge in [0.2, 0.25) is 5.76 Å². The lowest BCUT2D eigenvalue weighted by Gasteiger charge is -2.24. The largest absolute Gasteiger partial charge is 0.450 e. The summed E-state index contributed by atoms with van der Waals surface area (Å²) >= 11 is 1.36. The molecule has 2 aromatic carbocycles. The van der Waals surface area contributed by atoms with Gasteiger partial charge in [0.15, 0.2) is 10.6 Å². The van der Waals surface area contributed by atoms with Gasteiger partial charge in [0, 0.05) is 11.6 Å². The van der Waals surface area contributed by atoms with Gasteiger partial charge >= 0.3 is 0 Å². The summed E-state index contributed by atoms with van der Waals surface area (Å²) in [7, 11) is 0. The Morgan fingerprint density at radius 2 is 1.77 bits per heavy atom. The quantitative estimate of drug-likeness (QED) is 0.445. The topological polar surface area (TPSA) is 63.4 Å². The van der Waals surface area contributed by atoms with Gasteiger partial charge < -0.3 is 4.42 Å². The molecule has 0 N–H and O–H groups in total. The molecule has 30 heavy (non-hydrogen) atoms. The van der Waals surface area contributed by atoms with Gasteiger partial charge in [-0.1, -0.05) is 57.2 Å². The Morgan fingerprint density at radius 3 is 2.43 bits per heavy atom. The first kappa shape index (κ1) is 18.8. The standard InChI is InChI=1S/C24H20N2O3S/c1-24(2,3)15-10-8-14(9-11-15)19-18-20(27)16-6-4-5-7-17(16)29-21(18)22(28)26(19)23-25-12-13-30-23/h4-13,19H,1-3H3. The molecule has 0 saturated heterocycles. The maximum Gasteiger partial charge on any atom is 0.297 e. The van der Waals surface area contributed by atoms with Crippen LogP contribution >= 0.6 is 11.3 Å². The molecule has 0 spiro atoms. The number of anilines is 1. The molecule has 0 aliphatic carbocycles. The summed E-state index contributed by atoms with van der Waals surface area (Å²) in [4.78, 5) is 32.7. The van der Waals surface area contributed by atoms with Crippen molar-refractivity contribution in [2.75, 3.05) is 4.90 Å². The fourth-order valence-corrected chi connectivity index (χ4v) is 4.60. The molecule has 0 fully saturated rings. The molecule has 0 bridgehead atoms. The predicted molar refractivity (Wildman–Crippen MR) is 118 cm³/mol. The second-order valence-corrected chi connectivity index (χ2v) is 9.31. The van der Waals surface area contributed by atoms with Crippen LogP contribution in [0.25, 0.3) is 11.0 Å². The lowest BCUT2D eigenvalue weighted by atomic mass is 9.86. The Bertz CT molecular complexity index is 1320. The molecule has 0 radical (unpaired) electrons.